The summed E-state index contributed by atoms with van der Waals surface area (Å²) in [5.41, 5.74) is 6.61. The van der Waals surface area contributed by atoms with Crippen molar-refractivity contribution < 1.29 is 14.4 Å². The van der Waals surface area contributed by atoms with Gasteiger partial charge in [0.2, 0.25) is 11.8 Å². The summed E-state index contributed by atoms with van der Waals surface area (Å²) in [4.78, 5) is 39.8. The number of nitrogens with zero attached hydrogens (tertiary/aromatic N) is 2. The Hall–Kier alpha value is -1.92. The summed E-state index contributed by atoms with van der Waals surface area (Å²) in [7, 11) is 0. The number of primary amides is 1. The molecule has 1 aromatic carbocycles. The van der Waals surface area contributed by atoms with E-state index in [2.05, 4.69) is 0 Å². The Morgan fingerprint density at radius 1 is 1.25 bits per heavy atom. The number of benzene rings is 1. The fourth-order valence-electron chi connectivity index (χ4n) is 3.49. The predicted octanol–water partition coefficient (Wildman–Crippen LogP) is 1.48. The summed E-state index contributed by atoms with van der Waals surface area (Å²) in [6, 6.07) is 4.73. The molecule has 3 amide bonds. The van der Waals surface area contributed by atoms with Crippen LogP contribution in [-0.4, -0.2) is 41.8 Å². The van der Waals surface area contributed by atoms with Gasteiger partial charge in [-0.1, -0.05) is 17.7 Å². The third-order valence-corrected chi connectivity index (χ3v) is 5.38. The van der Waals surface area contributed by atoms with Gasteiger partial charge in [0, 0.05) is 10.9 Å². The number of likely N-dealkylation sites (tertiary alicyclic amines) is 1. The molecule has 0 aromatic heterocycles. The van der Waals surface area contributed by atoms with Gasteiger partial charge in [0.1, 0.15) is 0 Å². The summed E-state index contributed by atoms with van der Waals surface area (Å²) < 4.78 is 0. The Morgan fingerprint density at radius 2 is 1.92 bits per heavy atom. The minimum Gasteiger partial charge on any atom is -0.369 e. The van der Waals surface area contributed by atoms with Crippen molar-refractivity contribution in [3.05, 3.63) is 28.8 Å². The van der Waals surface area contributed by atoms with Crippen molar-refractivity contribution in [3.8, 4) is 0 Å². The maximum Gasteiger partial charge on any atom is 0.251 e. The maximum atomic E-state index is 12.8. The van der Waals surface area contributed by atoms with E-state index in [4.69, 9.17) is 17.3 Å². The van der Waals surface area contributed by atoms with Crippen LogP contribution in [0.25, 0.3) is 0 Å². The number of piperidine rings is 1. The van der Waals surface area contributed by atoms with E-state index in [1.807, 2.05) is 4.90 Å². The standard InChI is InChI=1S/C17H20ClN3O3/c1-10-12(18)3-2-4-13(10)21-15(22)9-14(17(21)24)20-7-5-11(6-8-20)16(19)23/h2-4,11,14H,5-9H2,1H3,(H2,19,23). The lowest BCUT2D eigenvalue weighted by Gasteiger charge is -2.33. The number of anilines is 1. The van der Waals surface area contributed by atoms with Crippen LogP contribution in [-0.2, 0) is 14.4 Å². The smallest absolute Gasteiger partial charge is 0.251 e. The van der Waals surface area contributed by atoms with Crippen LogP contribution in [0, 0.1) is 12.8 Å². The molecule has 6 nitrogen and oxygen atoms in total. The van der Waals surface area contributed by atoms with Gasteiger partial charge in [0.15, 0.2) is 0 Å². The van der Waals surface area contributed by atoms with Crippen LogP contribution in [0.4, 0.5) is 5.69 Å². The number of hydrogen-bond donors (Lipinski definition) is 1. The molecule has 3 rings (SSSR count). The highest BCUT2D eigenvalue weighted by atomic mass is 35.5. The molecule has 0 saturated carbocycles. The third-order valence-electron chi connectivity index (χ3n) is 4.98. The van der Waals surface area contributed by atoms with E-state index >= 15 is 0 Å². The van der Waals surface area contributed by atoms with Crippen molar-refractivity contribution in [2.24, 2.45) is 11.7 Å². The van der Waals surface area contributed by atoms with Gasteiger partial charge in [-0.3, -0.25) is 19.3 Å². The highest BCUT2D eigenvalue weighted by molar-refractivity contribution is 6.32. The monoisotopic (exact) mass is 349 g/mol. The summed E-state index contributed by atoms with van der Waals surface area (Å²) in [6.07, 6.45) is 1.42. The first kappa shape index (κ1) is 16.9. The number of amides is 3. The Bertz CT molecular complexity index is 698. The Balaban J connectivity index is 1.78. The molecule has 2 aliphatic rings. The first-order valence-corrected chi connectivity index (χ1v) is 8.43. The van der Waals surface area contributed by atoms with Crippen molar-refractivity contribution in [3.63, 3.8) is 0 Å². The number of hydrogen-bond acceptors (Lipinski definition) is 4. The van der Waals surface area contributed by atoms with Gasteiger partial charge in [0.25, 0.3) is 5.91 Å². The largest absolute Gasteiger partial charge is 0.369 e. The van der Waals surface area contributed by atoms with E-state index in [9.17, 15) is 14.4 Å². The fraction of sp³-hybridized carbons (Fsp3) is 0.471. The molecular formula is C17H20ClN3O3. The van der Waals surface area contributed by atoms with Crippen LogP contribution >= 0.6 is 11.6 Å². The zero-order valence-corrected chi connectivity index (χ0v) is 14.3. The van der Waals surface area contributed by atoms with Crippen molar-refractivity contribution in [1.82, 2.24) is 4.90 Å². The second-order valence-electron chi connectivity index (χ2n) is 6.38. The third kappa shape index (κ3) is 2.91. The minimum absolute atomic E-state index is 0.139. The van der Waals surface area contributed by atoms with Crippen molar-refractivity contribution in [2.45, 2.75) is 32.2 Å². The second-order valence-corrected chi connectivity index (χ2v) is 6.79. The zero-order valence-electron chi connectivity index (χ0n) is 13.5. The maximum absolute atomic E-state index is 12.8. The molecule has 1 unspecified atom stereocenters. The molecular weight excluding hydrogens is 330 g/mol. The first-order chi connectivity index (χ1) is 11.4. The van der Waals surface area contributed by atoms with Gasteiger partial charge in [-0.2, -0.15) is 0 Å². The lowest BCUT2D eigenvalue weighted by Crippen LogP contribution is -2.47. The number of nitrogens with two attached hydrogens (primary N) is 1. The lowest BCUT2D eigenvalue weighted by atomic mass is 9.95. The van der Waals surface area contributed by atoms with E-state index in [1.165, 1.54) is 4.90 Å². The van der Waals surface area contributed by atoms with Crippen molar-refractivity contribution in [2.75, 3.05) is 18.0 Å². The molecule has 2 fully saturated rings. The van der Waals surface area contributed by atoms with Gasteiger partial charge >= 0.3 is 0 Å². The number of carbonyl (C=O) groups is 3. The van der Waals surface area contributed by atoms with Crippen molar-refractivity contribution >= 4 is 35.0 Å². The summed E-state index contributed by atoms with van der Waals surface area (Å²) in [6.45, 7) is 2.99. The Kier molecular flexibility index (Phi) is 4.60. The molecule has 2 heterocycles. The summed E-state index contributed by atoms with van der Waals surface area (Å²) in [5, 5.41) is 0.527. The van der Waals surface area contributed by atoms with Crippen molar-refractivity contribution in [1.29, 1.82) is 0 Å². The quantitative estimate of drug-likeness (QED) is 0.838. The lowest BCUT2D eigenvalue weighted by molar-refractivity contribution is -0.124. The van der Waals surface area contributed by atoms with Gasteiger partial charge in [0.05, 0.1) is 18.2 Å². The van der Waals surface area contributed by atoms with Crippen LogP contribution in [0.2, 0.25) is 5.02 Å². The average molecular weight is 350 g/mol. The van der Waals surface area contributed by atoms with E-state index in [1.54, 1.807) is 25.1 Å². The number of rotatable bonds is 3. The van der Waals surface area contributed by atoms with Crippen LogP contribution in [0.1, 0.15) is 24.8 Å². The number of imide groups is 1. The summed E-state index contributed by atoms with van der Waals surface area (Å²) >= 11 is 6.11. The van der Waals surface area contributed by atoms with Gasteiger partial charge in [-0.05, 0) is 50.6 Å². The van der Waals surface area contributed by atoms with Crippen LogP contribution in [0.3, 0.4) is 0 Å². The van der Waals surface area contributed by atoms with E-state index < -0.39 is 6.04 Å². The second kappa shape index (κ2) is 6.53. The molecule has 0 spiro atoms. The molecule has 24 heavy (non-hydrogen) atoms. The molecule has 0 radical (unpaired) electrons. The fourth-order valence-corrected chi connectivity index (χ4v) is 3.66. The molecule has 0 bridgehead atoms. The Morgan fingerprint density at radius 3 is 2.54 bits per heavy atom. The number of halogens is 1. The normalized spacial score (nSPS) is 23.1. The Labute approximate surface area is 145 Å². The predicted molar refractivity (Wildman–Crippen MR) is 90.6 cm³/mol. The molecule has 1 atom stereocenters. The van der Waals surface area contributed by atoms with Crippen LogP contribution < -0.4 is 10.6 Å². The summed E-state index contributed by atoms with van der Waals surface area (Å²) in [5.74, 6) is -0.866. The highest BCUT2D eigenvalue weighted by Gasteiger charge is 2.44. The molecule has 0 aliphatic carbocycles. The van der Waals surface area contributed by atoms with Gasteiger partial charge in [-0.15, -0.1) is 0 Å². The SMILES string of the molecule is Cc1c(Cl)cccc1N1C(=O)CC(N2CCC(C(N)=O)CC2)C1=O. The number of carbonyl (C=O) groups excluding carboxylic acids is 3. The van der Waals surface area contributed by atoms with E-state index in [-0.39, 0.29) is 30.1 Å². The molecule has 7 heteroatoms. The van der Waals surface area contributed by atoms with E-state index in [0.717, 1.165) is 0 Å². The minimum atomic E-state index is -0.468. The zero-order chi connectivity index (χ0) is 17.4. The van der Waals surface area contributed by atoms with E-state index in [0.29, 0.717) is 42.2 Å². The highest BCUT2D eigenvalue weighted by Crippen LogP contribution is 2.32. The average Bonchev–Trinajstić information content (AvgIpc) is 2.85. The molecule has 128 valence electrons. The first-order valence-electron chi connectivity index (χ1n) is 8.05. The molecule has 2 N–H and O–H groups in total. The molecule has 2 saturated heterocycles. The topological polar surface area (TPSA) is 83.7 Å². The van der Waals surface area contributed by atoms with Crippen LogP contribution in [0.5, 0.6) is 0 Å². The van der Waals surface area contributed by atoms with Gasteiger partial charge < -0.3 is 5.73 Å². The van der Waals surface area contributed by atoms with Crippen LogP contribution in [0.15, 0.2) is 18.2 Å². The van der Waals surface area contributed by atoms with Gasteiger partial charge in [-0.25, -0.2) is 4.90 Å². The molecule has 2 aliphatic heterocycles. The molecule has 1 aromatic rings.